The van der Waals surface area contributed by atoms with Gasteiger partial charge in [0.1, 0.15) is 10.4 Å². The molecule has 0 bridgehead atoms. The van der Waals surface area contributed by atoms with Crippen LogP contribution in [0.4, 0.5) is 30.5 Å². The van der Waals surface area contributed by atoms with Crippen molar-refractivity contribution >= 4 is 44.4 Å². The summed E-state index contributed by atoms with van der Waals surface area (Å²) in [6.07, 6.45) is -3.46. The number of hydrogen-bond acceptors (Lipinski definition) is 9. The second kappa shape index (κ2) is 10.6. The molecule has 3 aromatic rings. The molecule has 14 heteroatoms. The Morgan fingerprint density at radius 3 is 2.70 bits per heavy atom. The van der Waals surface area contributed by atoms with Crippen molar-refractivity contribution < 1.29 is 26.4 Å². The molecule has 4 heterocycles. The van der Waals surface area contributed by atoms with E-state index in [1.54, 1.807) is 0 Å². The van der Waals surface area contributed by atoms with Crippen LogP contribution in [0.15, 0.2) is 35.4 Å². The molecular weight excluding hydrogens is 565 g/mol. The summed E-state index contributed by atoms with van der Waals surface area (Å²) in [5.74, 6) is -0.944. The number of hydrogen-bond donors (Lipinski definition) is 2. The Hall–Kier alpha value is -3.23. The third-order valence-electron chi connectivity index (χ3n) is 7.05. The maximum absolute atomic E-state index is 14.0. The van der Waals surface area contributed by atoms with Crippen molar-refractivity contribution in [2.75, 3.05) is 49.2 Å². The van der Waals surface area contributed by atoms with Crippen LogP contribution in [0, 0.1) is 0 Å². The average molecular weight is 595 g/mol. The average Bonchev–Trinajstić information content (AvgIpc) is 3.35. The Morgan fingerprint density at radius 2 is 2.00 bits per heavy atom. The molecule has 0 spiro atoms. The molecule has 9 nitrogen and oxygen atoms in total. The van der Waals surface area contributed by atoms with Gasteiger partial charge in [-0.25, -0.2) is 18.4 Å². The fourth-order valence-electron chi connectivity index (χ4n) is 4.83. The van der Waals surface area contributed by atoms with Crippen molar-refractivity contribution in [2.24, 2.45) is 0 Å². The molecule has 1 saturated heterocycles. The number of fused-ring (bicyclic) bond motifs is 1. The highest BCUT2D eigenvalue weighted by Gasteiger charge is 2.38. The lowest BCUT2D eigenvalue weighted by Gasteiger charge is -2.34. The lowest BCUT2D eigenvalue weighted by atomic mass is 10.1. The summed E-state index contributed by atoms with van der Waals surface area (Å²) in [7, 11) is -2.41. The molecule has 2 aromatic heterocycles. The number of benzene rings is 1. The predicted molar refractivity (Wildman–Crippen MR) is 148 cm³/mol. The number of piperazine rings is 1. The summed E-state index contributed by atoms with van der Waals surface area (Å²) in [4.78, 5) is 24.0. The number of carbonyl (C=O) groups is 1. The number of aromatic nitrogens is 2. The van der Waals surface area contributed by atoms with Crippen molar-refractivity contribution in [3.05, 3.63) is 46.5 Å². The number of alkyl halides is 3. The van der Waals surface area contributed by atoms with E-state index in [1.807, 2.05) is 19.1 Å². The number of halogens is 3. The number of amides is 1. The summed E-state index contributed by atoms with van der Waals surface area (Å²) in [6, 6.07) is 7.33. The second-order valence-electron chi connectivity index (χ2n) is 9.92. The molecular formula is C26H29F3N6O3S2. The van der Waals surface area contributed by atoms with E-state index in [2.05, 4.69) is 38.5 Å². The van der Waals surface area contributed by atoms with E-state index < -0.39 is 33.2 Å². The molecule has 0 aliphatic carbocycles. The minimum absolute atomic E-state index is 0.000493. The summed E-state index contributed by atoms with van der Waals surface area (Å²) < 4.78 is 67.6. The van der Waals surface area contributed by atoms with Gasteiger partial charge in [0.25, 0.3) is 5.91 Å². The van der Waals surface area contributed by atoms with E-state index in [9.17, 15) is 26.4 Å². The Morgan fingerprint density at radius 1 is 1.23 bits per heavy atom. The van der Waals surface area contributed by atoms with E-state index in [4.69, 9.17) is 0 Å². The molecule has 0 unspecified atom stereocenters. The van der Waals surface area contributed by atoms with Crippen molar-refractivity contribution in [3.63, 3.8) is 0 Å². The highest BCUT2D eigenvalue weighted by atomic mass is 32.2. The van der Waals surface area contributed by atoms with E-state index in [-0.39, 0.29) is 32.9 Å². The number of aryl methyl sites for hydroxylation is 1. The van der Waals surface area contributed by atoms with E-state index in [1.165, 1.54) is 11.9 Å². The van der Waals surface area contributed by atoms with Gasteiger partial charge in [0, 0.05) is 56.8 Å². The van der Waals surface area contributed by atoms with Crippen LogP contribution in [0.2, 0.25) is 0 Å². The zero-order valence-corrected chi connectivity index (χ0v) is 23.8. The van der Waals surface area contributed by atoms with Crippen molar-refractivity contribution in [2.45, 2.75) is 37.4 Å². The first kappa shape index (κ1) is 28.3. The van der Waals surface area contributed by atoms with Crippen LogP contribution in [0.3, 0.4) is 0 Å². The molecule has 1 fully saturated rings. The quantitative estimate of drug-likeness (QED) is 0.453. The topological polar surface area (TPSA) is 108 Å². The highest BCUT2D eigenvalue weighted by Crippen LogP contribution is 2.42. The number of sulfone groups is 1. The first-order valence-electron chi connectivity index (χ1n) is 12.8. The molecule has 5 rings (SSSR count). The van der Waals surface area contributed by atoms with Crippen molar-refractivity contribution in [1.82, 2.24) is 20.2 Å². The van der Waals surface area contributed by atoms with Gasteiger partial charge in [0.05, 0.1) is 21.2 Å². The van der Waals surface area contributed by atoms with Gasteiger partial charge in [-0.05, 0) is 43.2 Å². The molecule has 2 aliphatic heterocycles. The monoisotopic (exact) mass is 594 g/mol. The Balaban J connectivity index is 1.53. The SMILES string of the molecule is CCc1cc(N2CCN[C@H](C)C2)ccc1Nc1ncc(C(F)(F)F)c(-c2cc3c(s2)C(=O)N(C)CCS3(=O)=O)n1. The molecule has 40 heavy (non-hydrogen) atoms. The number of nitrogens with zero attached hydrogens (tertiary/aromatic N) is 4. The summed E-state index contributed by atoms with van der Waals surface area (Å²) in [5.41, 5.74) is 1.04. The van der Waals surface area contributed by atoms with Gasteiger partial charge in [0.15, 0.2) is 9.84 Å². The first-order chi connectivity index (χ1) is 18.9. The standard InChI is InChI=1S/C26H29F3N6O3S2/c1-4-16-11-17(35-8-7-30-15(2)14-35)5-6-19(16)32-25-31-13-18(26(27,28)29)22(33-25)20-12-21-23(39-20)24(36)34(3)9-10-40(21,37)38/h5-6,11-13,15,30H,4,7-10,14H2,1-3H3,(H,31,32,33)/t15-/m1/s1. The van der Waals surface area contributed by atoms with Crippen molar-refractivity contribution in [3.8, 4) is 10.6 Å². The molecule has 1 amide bonds. The minimum Gasteiger partial charge on any atom is -0.369 e. The molecule has 1 atom stereocenters. The van der Waals surface area contributed by atoms with Crippen molar-refractivity contribution in [1.29, 1.82) is 0 Å². The fraction of sp³-hybridized carbons (Fsp3) is 0.423. The molecule has 2 N–H and O–H groups in total. The van der Waals surface area contributed by atoms with Gasteiger partial charge in [-0.1, -0.05) is 6.92 Å². The lowest BCUT2D eigenvalue weighted by molar-refractivity contribution is -0.137. The van der Waals surface area contributed by atoms with Gasteiger partial charge in [0.2, 0.25) is 5.95 Å². The van der Waals surface area contributed by atoms with Gasteiger partial charge in [-0.3, -0.25) is 4.79 Å². The summed E-state index contributed by atoms with van der Waals surface area (Å²) in [6.45, 7) is 6.71. The van der Waals surface area contributed by atoms with Gasteiger partial charge in [-0.15, -0.1) is 11.3 Å². The zero-order chi connectivity index (χ0) is 28.8. The Labute approximate surface area is 234 Å². The third kappa shape index (κ3) is 5.52. The van der Waals surface area contributed by atoms with Gasteiger partial charge >= 0.3 is 6.18 Å². The first-order valence-corrected chi connectivity index (χ1v) is 15.3. The van der Waals surface area contributed by atoms with Crippen LogP contribution in [-0.4, -0.2) is 74.2 Å². The molecule has 0 radical (unpaired) electrons. The van der Waals surface area contributed by atoms with Crippen LogP contribution >= 0.6 is 11.3 Å². The Kier molecular flexibility index (Phi) is 7.52. The van der Waals surface area contributed by atoms with Crippen LogP contribution < -0.4 is 15.5 Å². The second-order valence-corrected chi connectivity index (χ2v) is 13.1. The summed E-state index contributed by atoms with van der Waals surface area (Å²) >= 11 is 0.688. The van der Waals surface area contributed by atoms with E-state index in [0.29, 0.717) is 35.7 Å². The number of anilines is 3. The maximum atomic E-state index is 14.0. The van der Waals surface area contributed by atoms with Crippen LogP contribution in [0.25, 0.3) is 10.6 Å². The van der Waals surface area contributed by atoms with E-state index in [0.717, 1.165) is 37.0 Å². The van der Waals surface area contributed by atoms with Crippen LogP contribution in [0.5, 0.6) is 0 Å². The Bertz CT molecular complexity index is 1560. The van der Waals surface area contributed by atoms with Gasteiger partial charge in [-0.2, -0.15) is 13.2 Å². The minimum atomic E-state index is -4.80. The third-order valence-corrected chi connectivity index (χ3v) is 10.0. The molecule has 0 saturated carbocycles. The van der Waals surface area contributed by atoms with Crippen LogP contribution in [-0.2, 0) is 22.4 Å². The molecule has 214 valence electrons. The summed E-state index contributed by atoms with van der Waals surface area (Å²) in [5, 5.41) is 6.46. The smallest absolute Gasteiger partial charge is 0.369 e. The van der Waals surface area contributed by atoms with Gasteiger partial charge < -0.3 is 20.4 Å². The van der Waals surface area contributed by atoms with E-state index >= 15 is 0 Å². The largest absolute Gasteiger partial charge is 0.420 e. The molecule has 2 aliphatic rings. The zero-order valence-electron chi connectivity index (χ0n) is 22.2. The number of rotatable bonds is 5. The van der Waals surface area contributed by atoms with Crippen LogP contribution in [0.1, 0.15) is 34.6 Å². The highest BCUT2D eigenvalue weighted by molar-refractivity contribution is 7.91. The lowest BCUT2D eigenvalue weighted by Crippen LogP contribution is -2.49. The molecule has 1 aromatic carbocycles. The predicted octanol–water partition coefficient (Wildman–Crippen LogP) is 4.19. The maximum Gasteiger partial charge on any atom is 0.420 e. The number of carbonyl (C=O) groups excluding carboxylic acids is 1. The fourth-order valence-corrected chi connectivity index (χ4v) is 7.86. The number of nitrogens with one attached hydrogen (secondary N) is 2. The number of thiophene rings is 1. The normalized spacial score (nSPS) is 19.4.